The summed E-state index contributed by atoms with van der Waals surface area (Å²) in [5.74, 6) is 0.997. The Hall–Kier alpha value is -3.48. The second kappa shape index (κ2) is 5.77. The van der Waals surface area contributed by atoms with Gasteiger partial charge >= 0.3 is 5.97 Å². The van der Waals surface area contributed by atoms with Crippen molar-refractivity contribution < 1.29 is 23.7 Å². The standard InChI is InChI=1S/C20H15NO6/c1-24-14-6-10(7-15-19(14)26-9-25-15)12-8-16(22)27-18-11-4-2-3-5-13(11)21-20(23)17(12)18/h2-7,12H,8-9H2,1H3,(H,21,23)/t12-/m1/s1. The molecule has 0 fully saturated rings. The van der Waals surface area contributed by atoms with E-state index in [0.29, 0.717) is 39.5 Å². The highest BCUT2D eigenvalue weighted by Gasteiger charge is 2.34. The number of esters is 1. The van der Waals surface area contributed by atoms with Crippen LogP contribution in [-0.2, 0) is 4.79 Å². The Balaban J connectivity index is 1.76. The number of hydrogen-bond acceptors (Lipinski definition) is 6. The highest BCUT2D eigenvalue weighted by molar-refractivity contribution is 5.91. The van der Waals surface area contributed by atoms with Gasteiger partial charge < -0.3 is 23.9 Å². The van der Waals surface area contributed by atoms with Crippen LogP contribution in [0.25, 0.3) is 10.9 Å². The number of benzene rings is 2. The van der Waals surface area contributed by atoms with Gasteiger partial charge in [-0.25, -0.2) is 0 Å². The predicted octanol–water partition coefficient (Wildman–Crippen LogP) is 2.71. The van der Waals surface area contributed by atoms with Crippen LogP contribution < -0.4 is 24.5 Å². The molecule has 0 aliphatic carbocycles. The van der Waals surface area contributed by atoms with Crippen LogP contribution in [0.5, 0.6) is 23.0 Å². The Bertz CT molecular complexity index is 1150. The van der Waals surface area contributed by atoms with E-state index in [-0.39, 0.29) is 24.7 Å². The summed E-state index contributed by atoms with van der Waals surface area (Å²) in [7, 11) is 1.53. The molecule has 3 aromatic rings. The van der Waals surface area contributed by atoms with Gasteiger partial charge in [0.2, 0.25) is 12.5 Å². The lowest BCUT2D eigenvalue weighted by Gasteiger charge is -2.25. The molecule has 5 rings (SSSR count). The van der Waals surface area contributed by atoms with Gasteiger partial charge in [0.05, 0.1) is 24.6 Å². The summed E-state index contributed by atoms with van der Waals surface area (Å²) in [6.07, 6.45) is 0.0528. The summed E-state index contributed by atoms with van der Waals surface area (Å²) in [5, 5.41) is 0.692. The van der Waals surface area contributed by atoms with Crippen LogP contribution in [0.15, 0.2) is 41.2 Å². The average molecular weight is 365 g/mol. The van der Waals surface area contributed by atoms with Crippen molar-refractivity contribution in [3.63, 3.8) is 0 Å². The van der Waals surface area contributed by atoms with Crippen LogP contribution >= 0.6 is 0 Å². The monoisotopic (exact) mass is 365 g/mol. The summed E-state index contributed by atoms with van der Waals surface area (Å²) in [5.41, 5.74) is 1.50. The Morgan fingerprint density at radius 2 is 1.96 bits per heavy atom. The minimum absolute atomic E-state index is 0.0528. The second-order valence-corrected chi connectivity index (χ2v) is 6.43. The summed E-state index contributed by atoms with van der Waals surface area (Å²) >= 11 is 0. The molecule has 0 amide bonds. The predicted molar refractivity (Wildman–Crippen MR) is 95.8 cm³/mol. The van der Waals surface area contributed by atoms with Crippen molar-refractivity contribution in [2.75, 3.05) is 13.9 Å². The zero-order valence-corrected chi connectivity index (χ0v) is 14.4. The molecular weight excluding hydrogens is 350 g/mol. The molecule has 7 nitrogen and oxygen atoms in total. The number of carbonyl (C=O) groups is 1. The van der Waals surface area contributed by atoms with Crippen molar-refractivity contribution in [1.82, 2.24) is 4.98 Å². The minimum Gasteiger partial charge on any atom is -0.493 e. The maximum absolute atomic E-state index is 12.8. The Kier molecular flexibility index (Phi) is 3.36. The average Bonchev–Trinajstić information content (AvgIpc) is 3.15. The number of aromatic nitrogens is 1. The maximum Gasteiger partial charge on any atom is 0.312 e. The number of pyridine rings is 1. The van der Waals surface area contributed by atoms with E-state index in [1.54, 1.807) is 18.2 Å². The van der Waals surface area contributed by atoms with E-state index in [0.717, 1.165) is 5.56 Å². The lowest BCUT2D eigenvalue weighted by Crippen LogP contribution is -2.28. The molecule has 0 bridgehead atoms. The fourth-order valence-corrected chi connectivity index (χ4v) is 3.71. The molecule has 136 valence electrons. The van der Waals surface area contributed by atoms with Crippen LogP contribution in [0.1, 0.15) is 23.5 Å². The highest BCUT2D eigenvalue weighted by Crippen LogP contribution is 2.47. The first kappa shape index (κ1) is 15.7. The SMILES string of the molecule is COc1cc([C@H]2CC(=O)Oc3c2c(=O)[nH]c2ccccc32)cc2c1OCO2. The van der Waals surface area contributed by atoms with Crippen LogP contribution in [0.3, 0.4) is 0 Å². The van der Waals surface area contributed by atoms with Gasteiger partial charge in [0.1, 0.15) is 5.75 Å². The number of methoxy groups -OCH3 is 1. The Labute approximate surface area is 153 Å². The molecular formula is C20H15NO6. The number of aromatic amines is 1. The lowest BCUT2D eigenvalue weighted by molar-refractivity contribution is -0.135. The smallest absolute Gasteiger partial charge is 0.312 e. The molecule has 0 saturated heterocycles. The zero-order valence-electron chi connectivity index (χ0n) is 14.4. The van der Waals surface area contributed by atoms with Crippen molar-refractivity contribution in [2.45, 2.75) is 12.3 Å². The molecule has 2 aromatic carbocycles. The van der Waals surface area contributed by atoms with Crippen LogP contribution in [0.2, 0.25) is 0 Å². The number of carbonyl (C=O) groups excluding carboxylic acids is 1. The van der Waals surface area contributed by atoms with E-state index in [9.17, 15) is 9.59 Å². The van der Waals surface area contributed by atoms with Crippen LogP contribution in [0.4, 0.5) is 0 Å². The van der Waals surface area contributed by atoms with E-state index in [1.807, 2.05) is 18.2 Å². The first-order chi connectivity index (χ1) is 13.2. The third-order valence-electron chi connectivity index (χ3n) is 4.93. The van der Waals surface area contributed by atoms with Gasteiger partial charge in [0.25, 0.3) is 5.56 Å². The number of ether oxygens (including phenoxy) is 4. The van der Waals surface area contributed by atoms with Crippen molar-refractivity contribution in [3.8, 4) is 23.0 Å². The van der Waals surface area contributed by atoms with E-state index in [1.165, 1.54) is 7.11 Å². The van der Waals surface area contributed by atoms with Crippen LogP contribution in [-0.4, -0.2) is 24.9 Å². The molecule has 0 radical (unpaired) electrons. The van der Waals surface area contributed by atoms with Gasteiger partial charge in [0, 0.05) is 11.3 Å². The maximum atomic E-state index is 12.8. The second-order valence-electron chi connectivity index (χ2n) is 6.43. The molecule has 1 atom stereocenters. The first-order valence-corrected chi connectivity index (χ1v) is 8.49. The molecule has 27 heavy (non-hydrogen) atoms. The number of hydrogen-bond donors (Lipinski definition) is 1. The third-order valence-corrected chi connectivity index (χ3v) is 4.93. The van der Waals surface area contributed by atoms with E-state index in [4.69, 9.17) is 18.9 Å². The first-order valence-electron chi connectivity index (χ1n) is 8.49. The number of rotatable bonds is 2. The van der Waals surface area contributed by atoms with E-state index in [2.05, 4.69) is 4.98 Å². The van der Waals surface area contributed by atoms with Gasteiger partial charge in [-0.2, -0.15) is 0 Å². The van der Waals surface area contributed by atoms with Gasteiger partial charge in [-0.1, -0.05) is 12.1 Å². The molecule has 2 aliphatic heterocycles. The normalized spacial score (nSPS) is 17.5. The van der Waals surface area contributed by atoms with Gasteiger partial charge in [0.15, 0.2) is 11.5 Å². The summed E-state index contributed by atoms with van der Waals surface area (Å²) in [6.45, 7) is 0.101. The van der Waals surface area contributed by atoms with Crippen molar-refractivity contribution >= 4 is 16.9 Å². The van der Waals surface area contributed by atoms with Crippen molar-refractivity contribution in [2.24, 2.45) is 0 Å². The van der Waals surface area contributed by atoms with Crippen LogP contribution in [0, 0.1) is 0 Å². The molecule has 3 heterocycles. The summed E-state index contributed by atoms with van der Waals surface area (Å²) in [4.78, 5) is 28.0. The van der Waals surface area contributed by atoms with Gasteiger partial charge in [-0.15, -0.1) is 0 Å². The van der Waals surface area contributed by atoms with Gasteiger partial charge in [-0.3, -0.25) is 9.59 Å². The lowest BCUT2D eigenvalue weighted by atomic mass is 9.86. The number of H-pyrrole nitrogens is 1. The Morgan fingerprint density at radius 3 is 2.81 bits per heavy atom. The zero-order chi connectivity index (χ0) is 18.5. The summed E-state index contributed by atoms with van der Waals surface area (Å²) < 4.78 is 21.8. The molecule has 7 heteroatoms. The molecule has 1 aromatic heterocycles. The molecule has 2 aliphatic rings. The third kappa shape index (κ3) is 2.35. The number of nitrogens with one attached hydrogen (secondary N) is 1. The number of para-hydroxylation sites is 1. The molecule has 0 spiro atoms. The van der Waals surface area contributed by atoms with E-state index < -0.39 is 5.92 Å². The van der Waals surface area contributed by atoms with Crippen molar-refractivity contribution in [1.29, 1.82) is 0 Å². The number of fused-ring (bicyclic) bond motifs is 4. The van der Waals surface area contributed by atoms with Crippen molar-refractivity contribution in [3.05, 3.63) is 57.9 Å². The Morgan fingerprint density at radius 1 is 1.11 bits per heavy atom. The molecule has 0 unspecified atom stereocenters. The topological polar surface area (TPSA) is 86.9 Å². The quantitative estimate of drug-likeness (QED) is 0.703. The fraction of sp³-hybridized carbons (Fsp3) is 0.200. The van der Waals surface area contributed by atoms with E-state index >= 15 is 0 Å². The largest absolute Gasteiger partial charge is 0.493 e. The highest BCUT2D eigenvalue weighted by atomic mass is 16.7. The van der Waals surface area contributed by atoms with Gasteiger partial charge in [-0.05, 0) is 29.8 Å². The summed E-state index contributed by atoms with van der Waals surface area (Å²) in [6, 6.07) is 10.8. The minimum atomic E-state index is -0.474. The fourth-order valence-electron chi connectivity index (χ4n) is 3.71. The molecule has 0 saturated carbocycles. The molecule has 1 N–H and O–H groups in total.